The molecule has 5 nitrogen and oxygen atoms in total. The second-order valence-corrected chi connectivity index (χ2v) is 7.08. The zero-order valence-electron chi connectivity index (χ0n) is 15.7. The molecule has 1 fully saturated rings. The zero-order valence-corrected chi connectivity index (χ0v) is 15.7. The van der Waals surface area contributed by atoms with Gasteiger partial charge in [0.1, 0.15) is 11.6 Å². The molecule has 2 aromatic rings. The van der Waals surface area contributed by atoms with E-state index in [0.29, 0.717) is 18.3 Å². The molecule has 27 heavy (non-hydrogen) atoms. The first-order chi connectivity index (χ1) is 12.9. The van der Waals surface area contributed by atoms with Crippen LogP contribution in [0.3, 0.4) is 0 Å². The number of nitrogens with zero attached hydrogens (tertiary/aromatic N) is 2. The van der Waals surface area contributed by atoms with Gasteiger partial charge in [0.25, 0.3) is 0 Å². The Morgan fingerprint density at radius 1 is 1.19 bits per heavy atom. The summed E-state index contributed by atoms with van der Waals surface area (Å²) in [5.74, 6) is -0.696. The van der Waals surface area contributed by atoms with Gasteiger partial charge in [0.05, 0.1) is 0 Å². The van der Waals surface area contributed by atoms with Crippen LogP contribution in [-0.4, -0.2) is 60.2 Å². The fraction of sp³-hybridized carbons (Fsp3) is 0.381. The normalized spacial score (nSPS) is 18.4. The molecule has 1 atom stereocenters. The van der Waals surface area contributed by atoms with Crippen molar-refractivity contribution >= 4 is 5.97 Å². The molecular formula is C21H25FN2O3. The van der Waals surface area contributed by atoms with E-state index >= 15 is 0 Å². The average molecular weight is 372 g/mol. The number of aliphatic carboxylic acids is 1. The highest BCUT2D eigenvalue weighted by atomic mass is 19.1. The van der Waals surface area contributed by atoms with Gasteiger partial charge in [-0.05, 0) is 49.4 Å². The number of hydrogen-bond acceptors (Lipinski definition) is 4. The van der Waals surface area contributed by atoms with Crippen molar-refractivity contribution in [1.82, 2.24) is 9.80 Å². The van der Waals surface area contributed by atoms with Crippen molar-refractivity contribution in [3.63, 3.8) is 0 Å². The number of benzene rings is 2. The number of carboxylic acid groups (broad SMARTS) is 1. The van der Waals surface area contributed by atoms with Crippen LogP contribution in [0.1, 0.15) is 12.5 Å². The Kier molecular flexibility index (Phi) is 6.08. The summed E-state index contributed by atoms with van der Waals surface area (Å²) in [4.78, 5) is 15.6. The lowest BCUT2D eigenvalue weighted by Gasteiger charge is -2.37. The maximum Gasteiger partial charge on any atom is 0.341 e. The Morgan fingerprint density at radius 3 is 2.56 bits per heavy atom. The van der Waals surface area contributed by atoms with E-state index in [9.17, 15) is 9.18 Å². The quantitative estimate of drug-likeness (QED) is 0.845. The molecule has 2 aromatic carbocycles. The molecule has 3 rings (SSSR count). The van der Waals surface area contributed by atoms with Gasteiger partial charge in [0, 0.05) is 37.8 Å². The van der Waals surface area contributed by atoms with Crippen LogP contribution in [0.4, 0.5) is 4.39 Å². The molecular weight excluding hydrogens is 347 g/mol. The Bertz CT molecular complexity index is 795. The number of rotatable bonds is 6. The Labute approximate surface area is 159 Å². The third kappa shape index (κ3) is 5.05. The third-order valence-electron chi connectivity index (χ3n) is 5.03. The number of carboxylic acids is 1. The van der Waals surface area contributed by atoms with E-state index in [1.165, 1.54) is 12.1 Å². The maximum atomic E-state index is 13.2. The molecule has 0 spiro atoms. The predicted octanol–water partition coefficient (Wildman–Crippen LogP) is 3.09. The summed E-state index contributed by atoms with van der Waals surface area (Å²) in [5.41, 5.74) is 2.80. The molecule has 1 heterocycles. The van der Waals surface area contributed by atoms with E-state index in [-0.39, 0.29) is 12.4 Å². The van der Waals surface area contributed by atoms with Crippen LogP contribution in [0.15, 0.2) is 42.5 Å². The van der Waals surface area contributed by atoms with Gasteiger partial charge in [-0.3, -0.25) is 4.90 Å². The molecule has 0 amide bonds. The smallest absolute Gasteiger partial charge is 0.341 e. The molecule has 1 unspecified atom stereocenters. The van der Waals surface area contributed by atoms with Crippen LogP contribution < -0.4 is 4.74 Å². The molecule has 0 bridgehead atoms. The Morgan fingerprint density at radius 2 is 1.89 bits per heavy atom. The van der Waals surface area contributed by atoms with E-state index in [1.807, 2.05) is 12.1 Å². The molecule has 0 radical (unpaired) electrons. The van der Waals surface area contributed by atoms with Crippen LogP contribution in [0, 0.1) is 5.82 Å². The summed E-state index contributed by atoms with van der Waals surface area (Å²) in [6.07, 6.45) is 0. The lowest BCUT2D eigenvalue weighted by Crippen LogP contribution is -2.49. The van der Waals surface area contributed by atoms with Crippen molar-refractivity contribution in [2.75, 3.05) is 33.3 Å². The van der Waals surface area contributed by atoms with E-state index in [1.54, 1.807) is 18.2 Å². The summed E-state index contributed by atoms with van der Waals surface area (Å²) >= 11 is 0. The molecule has 1 aliphatic rings. The van der Waals surface area contributed by atoms with E-state index in [0.717, 1.165) is 36.3 Å². The SMILES string of the molecule is CC1CN(Cc2cc(-c3ccc(F)cc3)ccc2OCC(=O)O)CCN1C. The topological polar surface area (TPSA) is 53.0 Å². The number of ether oxygens (including phenoxy) is 1. The van der Waals surface area contributed by atoms with Gasteiger partial charge < -0.3 is 14.7 Å². The minimum atomic E-state index is -1.00. The van der Waals surface area contributed by atoms with Crippen molar-refractivity contribution in [2.24, 2.45) is 0 Å². The second-order valence-electron chi connectivity index (χ2n) is 7.08. The predicted molar refractivity (Wildman–Crippen MR) is 102 cm³/mol. The molecule has 0 aromatic heterocycles. The van der Waals surface area contributed by atoms with Crippen LogP contribution in [0.25, 0.3) is 11.1 Å². The first-order valence-corrected chi connectivity index (χ1v) is 9.08. The summed E-state index contributed by atoms with van der Waals surface area (Å²) in [5, 5.41) is 8.93. The van der Waals surface area contributed by atoms with Crippen molar-refractivity contribution in [3.8, 4) is 16.9 Å². The van der Waals surface area contributed by atoms with Crippen molar-refractivity contribution in [3.05, 3.63) is 53.8 Å². The number of hydrogen-bond donors (Lipinski definition) is 1. The summed E-state index contributed by atoms with van der Waals surface area (Å²) in [6, 6.07) is 12.5. The lowest BCUT2D eigenvalue weighted by atomic mass is 10.0. The zero-order chi connectivity index (χ0) is 19.4. The molecule has 144 valence electrons. The fourth-order valence-corrected chi connectivity index (χ4v) is 3.31. The molecule has 1 aliphatic heterocycles. The second kappa shape index (κ2) is 8.50. The summed E-state index contributed by atoms with van der Waals surface area (Å²) < 4.78 is 18.7. The number of piperazine rings is 1. The highest BCUT2D eigenvalue weighted by molar-refractivity contribution is 5.69. The van der Waals surface area contributed by atoms with Crippen LogP contribution in [0.2, 0.25) is 0 Å². The van der Waals surface area contributed by atoms with Gasteiger partial charge in [0.2, 0.25) is 0 Å². The lowest BCUT2D eigenvalue weighted by molar-refractivity contribution is -0.139. The van der Waals surface area contributed by atoms with Gasteiger partial charge in [-0.15, -0.1) is 0 Å². The highest BCUT2D eigenvalue weighted by Crippen LogP contribution is 2.28. The van der Waals surface area contributed by atoms with Crippen LogP contribution in [-0.2, 0) is 11.3 Å². The van der Waals surface area contributed by atoms with Crippen molar-refractivity contribution in [1.29, 1.82) is 0 Å². The summed E-state index contributed by atoms with van der Waals surface area (Å²) in [6.45, 7) is 5.38. The van der Waals surface area contributed by atoms with E-state index < -0.39 is 5.97 Å². The van der Waals surface area contributed by atoms with Gasteiger partial charge in [-0.25, -0.2) is 9.18 Å². The Balaban J connectivity index is 1.85. The standard InChI is InChI=1S/C21H25FN2O3/c1-15-12-24(10-9-23(15)2)13-18-11-17(16-3-6-19(22)7-4-16)5-8-20(18)27-14-21(25)26/h3-8,11,15H,9-10,12-14H2,1-2H3,(H,25,26). The first-order valence-electron chi connectivity index (χ1n) is 9.08. The minimum Gasteiger partial charge on any atom is -0.482 e. The monoisotopic (exact) mass is 372 g/mol. The minimum absolute atomic E-state index is 0.271. The number of halogens is 1. The molecule has 1 N–H and O–H groups in total. The summed E-state index contributed by atoms with van der Waals surface area (Å²) in [7, 11) is 2.12. The Hall–Kier alpha value is -2.44. The molecule has 1 saturated heterocycles. The highest BCUT2D eigenvalue weighted by Gasteiger charge is 2.22. The molecule has 0 saturated carbocycles. The van der Waals surface area contributed by atoms with E-state index in [2.05, 4.69) is 23.8 Å². The largest absolute Gasteiger partial charge is 0.482 e. The van der Waals surface area contributed by atoms with E-state index in [4.69, 9.17) is 9.84 Å². The molecule has 0 aliphatic carbocycles. The third-order valence-corrected chi connectivity index (χ3v) is 5.03. The molecule has 6 heteroatoms. The van der Waals surface area contributed by atoms with Gasteiger partial charge >= 0.3 is 5.97 Å². The van der Waals surface area contributed by atoms with Crippen molar-refractivity contribution < 1.29 is 19.0 Å². The maximum absolute atomic E-state index is 13.2. The number of carbonyl (C=O) groups is 1. The van der Waals surface area contributed by atoms with Crippen LogP contribution >= 0.6 is 0 Å². The number of likely N-dealkylation sites (N-methyl/N-ethyl adjacent to an activating group) is 1. The average Bonchev–Trinajstić information content (AvgIpc) is 2.64. The fourth-order valence-electron chi connectivity index (χ4n) is 3.31. The van der Waals surface area contributed by atoms with Crippen LogP contribution in [0.5, 0.6) is 5.75 Å². The van der Waals surface area contributed by atoms with Crippen molar-refractivity contribution in [2.45, 2.75) is 19.5 Å². The van der Waals surface area contributed by atoms with Gasteiger partial charge in [-0.1, -0.05) is 18.2 Å². The van der Waals surface area contributed by atoms with Gasteiger partial charge in [0.15, 0.2) is 6.61 Å². The first kappa shape index (κ1) is 19.3. The van der Waals surface area contributed by atoms with Gasteiger partial charge in [-0.2, -0.15) is 0 Å².